The number of aliphatic hydroxyl groups excluding tert-OH is 1. The van der Waals surface area contributed by atoms with Gasteiger partial charge in [-0.05, 0) is 53.7 Å². The number of halogens is 2. The molecule has 1 aromatic rings. The molecule has 1 fully saturated rings. The molecule has 0 aromatic heterocycles. The summed E-state index contributed by atoms with van der Waals surface area (Å²) in [6, 6.07) is 2.05. The van der Waals surface area contributed by atoms with Crippen LogP contribution in [0, 0.1) is 5.82 Å². The van der Waals surface area contributed by atoms with Crippen LogP contribution in [0.2, 0.25) is 0 Å². The maximum atomic E-state index is 13.3. The van der Waals surface area contributed by atoms with E-state index in [0.29, 0.717) is 10.9 Å². The third kappa shape index (κ3) is 3.45. The minimum absolute atomic E-state index is 0.0972. The minimum Gasteiger partial charge on any atom is -0.505 e. The molecule has 1 aliphatic rings. The summed E-state index contributed by atoms with van der Waals surface area (Å²) in [5.74, 6) is -1.75. The second-order valence-corrected chi connectivity index (χ2v) is 5.63. The van der Waals surface area contributed by atoms with Crippen molar-refractivity contribution >= 4 is 21.8 Å². The first-order chi connectivity index (χ1) is 8.97. The molecule has 2 atom stereocenters. The van der Waals surface area contributed by atoms with Crippen molar-refractivity contribution in [2.24, 2.45) is 0 Å². The van der Waals surface area contributed by atoms with Crippen LogP contribution in [0.3, 0.4) is 0 Å². The predicted octanol–water partition coefficient (Wildman–Crippen LogP) is 2.33. The average molecular weight is 332 g/mol. The molecule has 1 aliphatic carbocycles. The van der Waals surface area contributed by atoms with Crippen molar-refractivity contribution in [1.82, 2.24) is 5.32 Å². The molecule has 1 aromatic carbocycles. The Morgan fingerprint density at radius 1 is 1.42 bits per heavy atom. The summed E-state index contributed by atoms with van der Waals surface area (Å²) in [6.45, 7) is 0. The number of carbonyl (C=O) groups excluding carboxylic acids is 1. The quantitative estimate of drug-likeness (QED) is 0.779. The van der Waals surface area contributed by atoms with Gasteiger partial charge in [-0.3, -0.25) is 4.79 Å². The fourth-order valence-corrected chi connectivity index (χ4v) is 2.78. The number of rotatable bonds is 2. The van der Waals surface area contributed by atoms with Crippen LogP contribution in [0.5, 0.6) is 5.75 Å². The van der Waals surface area contributed by atoms with E-state index < -0.39 is 17.5 Å². The smallest absolute Gasteiger partial charge is 0.252 e. The van der Waals surface area contributed by atoms with Gasteiger partial charge in [0.15, 0.2) is 11.6 Å². The van der Waals surface area contributed by atoms with E-state index >= 15 is 0 Å². The zero-order valence-electron chi connectivity index (χ0n) is 10.2. The van der Waals surface area contributed by atoms with Gasteiger partial charge in [0, 0.05) is 10.5 Å². The van der Waals surface area contributed by atoms with Gasteiger partial charge in [0.1, 0.15) is 0 Å². The molecule has 0 heterocycles. The molecule has 2 unspecified atom stereocenters. The van der Waals surface area contributed by atoms with Crippen molar-refractivity contribution in [3.63, 3.8) is 0 Å². The molecule has 0 aliphatic heterocycles. The number of aromatic hydroxyl groups is 1. The Bertz CT molecular complexity index is 495. The van der Waals surface area contributed by atoms with Gasteiger partial charge in [0.05, 0.1) is 11.7 Å². The Morgan fingerprint density at radius 3 is 2.84 bits per heavy atom. The maximum absolute atomic E-state index is 13.3. The number of hydrogen-bond donors (Lipinski definition) is 3. The van der Waals surface area contributed by atoms with Crippen molar-refractivity contribution in [3.05, 3.63) is 28.0 Å². The lowest BCUT2D eigenvalue weighted by atomic mass is 9.93. The summed E-state index contributed by atoms with van der Waals surface area (Å²) in [5.41, 5.74) is 0.135. The van der Waals surface area contributed by atoms with Crippen LogP contribution in [-0.4, -0.2) is 28.3 Å². The molecule has 0 bridgehead atoms. The van der Waals surface area contributed by atoms with Crippen LogP contribution in [0.4, 0.5) is 4.39 Å². The van der Waals surface area contributed by atoms with E-state index in [1.165, 1.54) is 0 Å². The Hall–Kier alpha value is -1.14. The number of nitrogens with one attached hydrogen (secondary N) is 1. The summed E-state index contributed by atoms with van der Waals surface area (Å²) in [5, 5.41) is 21.5. The van der Waals surface area contributed by atoms with E-state index in [9.17, 15) is 19.4 Å². The van der Waals surface area contributed by atoms with Crippen LogP contribution < -0.4 is 5.32 Å². The monoisotopic (exact) mass is 331 g/mol. The van der Waals surface area contributed by atoms with Crippen LogP contribution in [0.25, 0.3) is 0 Å². The van der Waals surface area contributed by atoms with Crippen molar-refractivity contribution in [2.75, 3.05) is 0 Å². The second kappa shape index (κ2) is 5.88. The highest BCUT2D eigenvalue weighted by molar-refractivity contribution is 9.10. The first-order valence-electron chi connectivity index (χ1n) is 6.14. The zero-order chi connectivity index (χ0) is 14.0. The first-order valence-corrected chi connectivity index (χ1v) is 6.93. The van der Waals surface area contributed by atoms with E-state index in [1.807, 2.05) is 0 Å². The van der Waals surface area contributed by atoms with Crippen LogP contribution in [0.15, 0.2) is 16.6 Å². The second-order valence-electron chi connectivity index (χ2n) is 4.77. The number of carbonyl (C=O) groups is 1. The third-order valence-corrected chi connectivity index (χ3v) is 3.92. The standard InChI is InChI=1S/C13H15BrFNO3/c14-10-6-12(18)11(15)5-9(10)13(19)16-7-2-1-3-8(17)4-7/h5-8,17-18H,1-4H2,(H,16,19). The van der Waals surface area contributed by atoms with Crippen molar-refractivity contribution in [3.8, 4) is 5.75 Å². The fourth-order valence-electron chi connectivity index (χ4n) is 2.27. The SMILES string of the molecule is O=C(NC1CCCC(O)C1)c1cc(F)c(O)cc1Br. The topological polar surface area (TPSA) is 69.6 Å². The first kappa shape index (κ1) is 14.3. The molecular weight excluding hydrogens is 317 g/mol. The van der Waals surface area contributed by atoms with Gasteiger partial charge in [-0.1, -0.05) is 0 Å². The largest absolute Gasteiger partial charge is 0.505 e. The average Bonchev–Trinajstić information content (AvgIpc) is 2.33. The number of phenols is 1. The Morgan fingerprint density at radius 2 is 2.16 bits per heavy atom. The molecule has 19 heavy (non-hydrogen) atoms. The summed E-state index contributed by atoms with van der Waals surface area (Å²) < 4.78 is 13.6. The molecule has 0 spiro atoms. The van der Waals surface area contributed by atoms with Gasteiger partial charge in [-0.15, -0.1) is 0 Å². The van der Waals surface area contributed by atoms with Gasteiger partial charge in [0.25, 0.3) is 5.91 Å². The summed E-state index contributed by atoms with van der Waals surface area (Å²) in [7, 11) is 0. The molecule has 0 radical (unpaired) electrons. The maximum Gasteiger partial charge on any atom is 0.252 e. The van der Waals surface area contributed by atoms with Crippen molar-refractivity contribution < 1.29 is 19.4 Å². The predicted molar refractivity (Wildman–Crippen MR) is 71.5 cm³/mol. The van der Waals surface area contributed by atoms with Gasteiger partial charge in [0.2, 0.25) is 0 Å². The van der Waals surface area contributed by atoms with E-state index in [1.54, 1.807) is 0 Å². The number of aliphatic hydroxyl groups is 1. The number of hydrogen-bond acceptors (Lipinski definition) is 3. The third-order valence-electron chi connectivity index (χ3n) is 3.26. The number of amides is 1. The van der Waals surface area contributed by atoms with Gasteiger partial charge in [-0.2, -0.15) is 0 Å². The lowest BCUT2D eigenvalue weighted by Crippen LogP contribution is -2.39. The molecule has 1 saturated carbocycles. The normalized spacial score (nSPS) is 23.1. The lowest BCUT2D eigenvalue weighted by Gasteiger charge is -2.26. The van der Waals surface area contributed by atoms with Crippen molar-refractivity contribution in [2.45, 2.75) is 37.8 Å². The molecule has 3 N–H and O–H groups in total. The summed E-state index contributed by atoms with van der Waals surface area (Å²) in [6.07, 6.45) is 2.55. The summed E-state index contributed by atoms with van der Waals surface area (Å²) in [4.78, 5) is 12.0. The highest BCUT2D eigenvalue weighted by Crippen LogP contribution is 2.26. The highest BCUT2D eigenvalue weighted by Gasteiger charge is 2.23. The van der Waals surface area contributed by atoms with E-state index in [0.717, 1.165) is 31.4 Å². The number of benzene rings is 1. The highest BCUT2D eigenvalue weighted by atomic mass is 79.9. The zero-order valence-corrected chi connectivity index (χ0v) is 11.8. The molecule has 104 valence electrons. The molecule has 4 nitrogen and oxygen atoms in total. The number of phenolic OH excluding ortho intramolecular Hbond substituents is 1. The summed E-state index contributed by atoms with van der Waals surface area (Å²) >= 11 is 3.12. The van der Waals surface area contributed by atoms with Crippen LogP contribution >= 0.6 is 15.9 Å². The van der Waals surface area contributed by atoms with Crippen LogP contribution in [0.1, 0.15) is 36.0 Å². The molecular formula is C13H15BrFNO3. The lowest BCUT2D eigenvalue weighted by molar-refractivity contribution is 0.0848. The van der Waals surface area contributed by atoms with E-state index in [-0.39, 0.29) is 17.7 Å². The van der Waals surface area contributed by atoms with Gasteiger partial charge < -0.3 is 15.5 Å². The Labute approximate surface area is 118 Å². The molecule has 2 rings (SSSR count). The van der Waals surface area contributed by atoms with Gasteiger partial charge >= 0.3 is 0 Å². The van der Waals surface area contributed by atoms with Gasteiger partial charge in [-0.25, -0.2) is 4.39 Å². The molecule has 6 heteroatoms. The minimum atomic E-state index is -0.836. The Balaban J connectivity index is 2.09. The van der Waals surface area contributed by atoms with Crippen molar-refractivity contribution in [1.29, 1.82) is 0 Å². The van der Waals surface area contributed by atoms with E-state index in [2.05, 4.69) is 21.2 Å². The fraction of sp³-hybridized carbons (Fsp3) is 0.462. The molecule has 1 amide bonds. The molecule has 0 saturated heterocycles. The Kier molecular flexibility index (Phi) is 4.42. The van der Waals surface area contributed by atoms with E-state index in [4.69, 9.17) is 0 Å². The van der Waals surface area contributed by atoms with Crippen LogP contribution in [-0.2, 0) is 0 Å².